The Kier molecular flexibility index (Phi) is 5.39. The molecule has 11 atom stereocenters. The van der Waals surface area contributed by atoms with Crippen LogP contribution in [0.25, 0.3) is 0 Å². The summed E-state index contributed by atoms with van der Waals surface area (Å²) in [5.41, 5.74) is 17.1. The fourth-order valence-electron chi connectivity index (χ4n) is 2.80. The van der Waals surface area contributed by atoms with Gasteiger partial charge in [0.25, 0.3) is 0 Å². The van der Waals surface area contributed by atoms with Crippen LogP contribution in [0.1, 0.15) is 6.92 Å². The fraction of sp³-hybridized carbons (Fsp3) is 1.00. The predicted octanol–water partition coefficient (Wildman–Crippen LogP) is -5.08. The molecule has 10 nitrogen and oxygen atoms in total. The van der Waals surface area contributed by atoms with Gasteiger partial charge in [0.1, 0.15) is 30.5 Å². The number of hydrogen-bond acceptors (Lipinski definition) is 10. The van der Waals surface area contributed by atoms with Gasteiger partial charge in [-0.05, 0) is 6.92 Å². The third-order valence-electron chi connectivity index (χ3n) is 4.43. The molecular formula is C12H25N3O7. The molecule has 1 heterocycles. The number of rotatable bonds is 2. The van der Waals surface area contributed by atoms with Gasteiger partial charge >= 0.3 is 0 Å². The van der Waals surface area contributed by atoms with Crippen LogP contribution in [0.5, 0.6) is 0 Å². The Morgan fingerprint density at radius 1 is 0.727 bits per heavy atom. The molecule has 22 heavy (non-hydrogen) atoms. The maximum absolute atomic E-state index is 10.0. The third kappa shape index (κ3) is 2.99. The van der Waals surface area contributed by atoms with Gasteiger partial charge in [0, 0.05) is 0 Å². The normalized spacial score (nSPS) is 56.9. The molecule has 2 fully saturated rings. The lowest BCUT2D eigenvalue weighted by Gasteiger charge is -2.46. The summed E-state index contributed by atoms with van der Waals surface area (Å²) in [7, 11) is 0. The molecule has 1 aliphatic heterocycles. The Labute approximate surface area is 127 Å². The first-order chi connectivity index (χ1) is 10.2. The molecule has 1 saturated carbocycles. The topological polar surface area (TPSA) is 198 Å². The van der Waals surface area contributed by atoms with E-state index in [0.29, 0.717) is 0 Å². The Bertz CT molecular complexity index is 374. The van der Waals surface area contributed by atoms with Gasteiger partial charge in [-0.1, -0.05) is 0 Å². The van der Waals surface area contributed by atoms with E-state index in [1.807, 2.05) is 0 Å². The number of aliphatic hydroxyl groups excluding tert-OH is 5. The van der Waals surface area contributed by atoms with E-state index in [-0.39, 0.29) is 0 Å². The summed E-state index contributed by atoms with van der Waals surface area (Å²) >= 11 is 0. The van der Waals surface area contributed by atoms with Crippen LogP contribution in [0.15, 0.2) is 0 Å². The van der Waals surface area contributed by atoms with Crippen LogP contribution in [0, 0.1) is 0 Å². The largest absolute Gasteiger partial charge is 0.390 e. The smallest absolute Gasteiger partial charge is 0.176 e. The van der Waals surface area contributed by atoms with Gasteiger partial charge in [-0.2, -0.15) is 0 Å². The molecule has 0 amide bonds. The van der Waals surface area contributed by atoms with Gasteiger partial charge in [-0.3, -0.25) is 0 Å². The van der Waals surface area contributed by atoms with Crippen LogP contribution >= 0.6 is 0 Å². The van der Waals surface area contributed by atoms with E-state index in [9.17, 15) is 25.5 Å². The van der Waals surface area contributed by atoms with Crippen molar-refractivity contribution < 1.29 is 35.0 Å². The van der Waals surface area contributed by atoms with Gasteiger partial charge in [0.2, 0.25) is 0 Å². The number of hydrogen-bond donors (Lipinski definition) is 8. The third-order valence-corrected chi connectivity index (χ3v) is 4.43. The molecule has 11 N–H and O–H groups in total. The minimum atomic E-state index is -1.46. The molecule has 2 rings (SSSR count). The summed E-state index contributed by atoms with van der Waals surface area (Å²) in [6.07, 6.45) is -9.78. The molecule has 0 aromatic carbocycles. The highest BCUT2D eigenvalue weighted by Gasteiger charge is 2.50. The van der Waals surface area contributed by atoms with Crippen molar-refractivity contribution in [1.29, 1.82) is 0 Å². The maximum atomic E-state index is 10.0. The molecule has 0 radical (unpaired) electrons. The average Bonchev–Trinajstić information content (AvgIpc) is 2.50. The first-order valence-electron chi connectivity index (χ1n) is 7.14. The van der Waals surface area contributed by atoms with Gasteiger partial charge in [0.15, 0.2) is 6.29 Å². The highest BCUT2D eigenvalue weighted by molar-refractivity contribution is 5.04. The second-order valence-corrected chi connectivity index (χ2v) is 6.00. The molecule has 0 spiro atoms. The second kappa shape index (κ2) is 6.61. The Hall–Kier alpha value is -0.400. The van der Waals surface area contributed by atoms with E-state index >= 15 is 0 Å². The monoisotopic (exact) mass is 323 g/mol. The van der Waals surface area contributed by atoms with E-state index in [1.165, 1.54) is 6.92 Å². The molecule has 1 aliphatic carbocycles. The maximum Gasteiger partial charge on any atom is 0.176 e. The average molecular weight is 323 g/mol. The van der Waals surface area contributed by atoms with Crippen molar-refractivity contribution in [1.82, 2.24) is 0 Å². The predicted molar refractivity (Wildman–Crippen MR) is 73.2 cm³/mol. The lowest BCUT2D eigenvalue weighted by Crippen LogP contribution is -2.71. The molecule has 2 unspecified atom stereocenters. The zero-order valence-electron chi connectivity index (χ0n) is 12.1. The van der Waals surface area contributed by atoms with Gasteiger partial charge in [0.05, 0.1) is 30.3 Å². The molecule has 130 valence electrons. The summed E-state index contributed by atoms with van der Waals surface area (Å²) in [6.45, 7) is 1.52. The number of nitrogens with two attached hydrogens (primary N) is 3. The fourth-order valence-corrected chi connectivity index (χ4v) is 2.80. The number of ether oxygens (including phenoxy) is 2. The zero-order chi connectivity index (χ0) is 16.8. The Morgan fingerprint density at radius 3 is 1.86 bits per heavy atom. The molecule has 1 saturated heterocycles. The van der Waals surface area contributed by atoms with E-state index in [0.717, 1.165) is 0 Å². The zero-order valence-corrected chi connectivity index (χ0v) is 12.1. The minimum absolute atomic E-state index is 0.756. The van der Waals surface area contributed by atoms with Crippen molar-refractivity contribution in [3.05, 3.63) is 0 Å². The van der Waals surface area contributed by atoms with Gasteiger partial charge in [-0.25, -0.2) is 0 Å². The van der Waals surface area contributed by atoms with Crippen LogP contribution < -0.4 is 17.2 Å². The quantitative estimate of drug-likeness (QED) is 0.243. The Morgan fingerprint density at radius 2 is 1.27 bits per heavy atom. The SMILES string of the molecule is C[C@H]1O[C@H](OC2[C@@H](N)C(O)[C@@H](N)[C@H](O)[C@@H]2O)[C@H](N)[C@@H](O)[C@H]1O. The minimum Gasteiger partial charge on any atom is -0.390 e. The first kappa shape index (κ1) is 17.9. The lowest BCUT2D eigenvalue weighted by molar-refractivity contribution is -0.291. The standard InChI is InChI=1S/C12H25N3O7/c1-2-6(16)9(19)5(15)12(21-2)22-11-4(14)7(17)3(13)8(18)10(11)20/h2-12,16-20H,13-15H2,1H3/t2-,3-,4+,5-,6+,7?,8+,9-,10+,11?,12-/m1/s1. The molecule has 2 aliphatic rings. The van der Waals surface area contributed by atoms with Crippen molar-refractivity contribution in [2.45, 2.75) is 74.1 Å². The van der Waals surface area contributed by atoms with Crippen molar-refractivity contribution >= 4 is 0 Å². The van der Waals surface area contributed by atoms with Crippen molar-refractivity contribution in [2.24, 2.45) is 17.2 Å². The van der Waals surface area contributed by atoms with Crippen LogP contribution in [0.4, 0.5) is 0 Å². The van der Waals surface area contributed by atoms with Gasteiger partial charge in [-0.15, -0.1) is 0 Å². The summed E-state index contributed by atoms with van der Waals surface area (Å²) in [4.78, 5) is 0. The first-order valence-corrected chi connectivity index (χ1v) is 7.14. The molecule has 0 bridgehead atoms. The van der Waals surface area contributed by atoms with Crippen LogP contribution in [0.2, 0.25) is 0 Å². The van der Waals surface area contributed by atoms with Crippen LogP contribution in [-0.2, 0) is 9.47 Å². The second-order valence-electron chi connectivity index (χ2n) is 6.00. The van der Waals surface area contributed by atoms with Crippen LogP contribution in [0.3, 0.4) is 0 Å². The highest BCUT2D eigenvalue weighted by atomic mass is 16.7. The van der Waals surface area contributed by atoms with E-state index in [1.54, 1.807) is 0 Å². The molecular weight excluding hydrogens is 298 g/mol. The van der Waals surface area contributed by atoms with E-state index in [2.05, 4.69) is 0 Å². The van der Waals surface area contributed by atoms with Crippen molar-refractivity contribution in [2.75, 3.05) is 0 Å². The summed E-state index contributed by atoms with van der Waals surface area (Å²) < 4.78 is 10.8. The van der Waals surface area contributed by atoms with Crippen molar-refractivity contribution in [3.63, 3.8) is 0 Å². The van der Waals surface area contributed by atoms with E-state index in [4.69, 9.17) is 26.7 Å². The Balaban J connectivity index is 2.11. The summed E-state index contributed by atoms with van der Waals surface area (Å²) in [6, 6.07) is -3.28. The highest BCUT2D eigenvalue weighted by Crippen LogP contribution is 2.27. The van der Waals surface area contributed by atoms with Crippen LogP contribution in [-0.4, -0.2) is 92.7 Å². The summed E-state index contributed by atoms with van der Waals surface area (Å²) in [5.74, 6) is 0. The summed E-state index contributed by atoms with van der Waals surface area (Å²) in [5, 5.41) is 49.3. The molecule has 0 aromatic heterocycles. The van der Waals surface area contributed by atoms with E-state index < -0.39 is 67.1 Å². The number of aliphatic hydroxyl groups is 5. The lowest BCUT2D eigenvalue weighted by atomic mass is 9.82. The molecule has 10 heteroatoms. The van der Waals surface area contributed by atoms with Gasteiger partial charge < -0.3 is 52.2 Å². The van der Waals surface area contributed by atoms with Crippen molar-refractivity contribution in [3.8, 4) is 0 Å². The molecule has 0 aromatic rings.